The lowest BCUT2D eigenvalue weighted by Gasteiger charge is -2.32. The van der Waals surface area contributed by atoms with E-state index in [2.05, 4.69) is 21.2 Å². The van der Waals surface area contributed by atoms with Crippen molar-refractivity contribution >= 4 is 0 Å². The number of allylic oxidation sites excluding steroid dienone is 2. The van der Waals surface area contributed by atoms with Gasteiger partial charge in [0.2, 0.25) is 0 Å². The first kappa shape index (κ1) is 17.4. The van der Waals surface area contributed by atoms with Gasteiger partial charge in [-0.05, 0) is 55.7 Å². The molecule has 1 aliphatic carbocycles. The van der Waals surface area contributed by atoms with Crippen LogP contribution in [0.1, 0.15) is 32.1 Å². The van der Waals surface area contributed by atoms with Gasteiger partial charge in [0.05, 0.1) is 0 Å². The molecule has 1 saturated carbocycles. The zero-order valence-corrected chi connectivity index (χ0v) is 15.2. The predicted octanol–water partition coefficient (Wildman–Crippen LogP) is 3.48. The molecule has 140 valence electrons. The molecule has 1 atom stereocenters. The number of rotatable bonds is 4. The van der Waals surface area contributed by atoms with E-state index in [0.717, 1.165) is 31.5 Å². The molecule has 0 radical (unpaired) electrons. The molecule has 0 bridgehead atoms. The molecular formula is C21H28FN3O. The standard InChI is InChI=1S/C21H28FN3O/c22-17-9-11-19(12-10-17)26-21-8-3-7-20(23-21)25-14-4-13-24(15-16-25)18-5-1-2-6-18/h3,7-12,18,21,23H,1-2,4-6,13-16H2. The molecule has 4 rings (SSSR count). The Morgan fingerprint density at radius 2 is 1.77 bits per heavy atom. The van der Waals surface area contributed by atoms with Crippen molar-refractivity contribution in [2.45, 2.75) is 44.4 Å². The SMILES string of the molecule is Fc1ccc(OC2C=CC=C(N3CCCN(C4CCCC4)CC3)N2)cc1. The Labute approximate surface area is 155 Å². The highest BCUT2D eigenvalue weighted by molar-refractivity contribution is 5.25. The van der Waals surface area contributed by atoms with Crippen LogP contribution in [0.5, 0.6) is 5.75 Å². The van der Waals surface area contributed by atoms with Crippen molar-refractivity contribution < 1.29 is 9.13 Å². The fourth-order valence-corrected chi connectivity index (χ4v) is 4.23. The monoisotopic (exact) mass is 357 g/mol. The van der Waals surface area contributed by atoms with Crippen LogP contribution >= 0.6 is 0 Å². The third-order valence-corrected chi connectivity index (χ3v) is 5.62. The van der Waals surface area contributed by atoms with Gasteiger partial charge in [0.1, 0.15) is 17.4 Å². The molecule has 1 aromatic carbocycles. The van der Waals surface area contributed by atoms with Gasteiger partial charge in [-0.2, -0.15) is 0 Å². The number of benzene rings is 1. The van der Waals surface area contributed by atoms with E-state index >= 15 is 0 Å². The van der Waals surface area contributed by atoms with E-state index in [9.17, 15) is 4.39 Å². The quantitative estimate of drug-likeness (QED) is 0.893. The Balaban J connectivity index is 1.33. The van der Waals surface area contributed by atoms with E-state index in [1.807, 2.05) is 12.2 Å². The fourth-order valence-electron chi connectivity index (χ4n) is 4.23. The van der Waals surface area contributed by atoms with E-state index in [-0.39, 0.29) is 12.0 Å². The lowest BCUT2D eigenvalue weighted by molar-refractivity contribution is 0.186. The average molecular weight is 357 g/mol. The topological polar surface area (TPSA) is 27.7 Å². The Morgan fingerprint density at radius 3 is 2.58 bits per heavy atom. The minimum atomic E-state index is -0.249. The van der Waals surface area contributed by atoms with Crippen LogP contribution in [-0.4, -0.2) is 48.2 Å². The molecule has 0 spiro atoms. The van der Waals surface area contributed by atoms with Crippen LogP contribution in [0.15, 0.2) is 48.3 Å². The average Bonchev–Trinajstić information content (AvgIpc) is 3.08. The summed E-state index contributed by atoms with van der Waals surface area (Å²) in [4.78, 5) is 5.12. The maximum absolute atomic E-state index is 13.0. The largest absolute Gasteiger partial charge is 0.467 e. The maximum Gasteiger partial charge on any atom is 0.190 e. The molecule has 0 amide bonds. The third-order valence-electron chi connectivity index (χ3n) is 5.62. The summed E-state index contributed by atoms with van der Waals surface area (Å²) in [7, 11) is 0. The molecule has 1 N–H and O–H groups in total. The summed E-state index contributed by atoms with van der Waals surface area (Å²) in [5, 5.41) is 3.46. The summed E-state index contributed by atoms with van der Waals surface area (Å²) in [6.07, 6.45) is 12.6. The van der Waals surface area contributed by atoms with E-state index < -0.39 is 0 Å². The number of ether oxygens (including phenoxy) is 1. The molecule has 2 fully saturated rings. The van der Waals surface area contributed by atoms with Crippen molar-refractivity contribution in [3.8, 4) is 5.75 Å². The highest BCUT2D eigenvalue weighted by Gasteiger charge is 2.26. The first-order chi connectivity index (χ1) is 12.8. The normalized spacial score (nSPS) is 24.9. The van der Waals surface area contributed by atoms with Crippen molar-refractivity contribution in [1.82, 2.24) is 15.1 Å². The minimum Gasteiger partial charge on any atom is -0.467 e. The van der Waals surface area contributed by atoms with E-state index in [1.54, 1.807) is 12.1 Å². The number of dihydropyridines is 1. The number of hydrogen-bond donors (Lipinski definition) is 1. The van der Waals surface area contributed by atoms with Crippen LogP contribution < -0.4 is 10.1 Å². The molecule has 1 aromatic rings. The zero-order valence-electron chi connectivity index (χ0n) is 15.2. The van der Waals surface area contributed by atoms with Crippen LogP contribution in [-0.2, 0) is 0 Å². The molecule has 3 aliphatic rings. The van der Waals surface area contributed by atoms with Gasteiger partial charge in [-0.3, -0.25) is 4.90 Å². The van der Waals surface area contributed by atoms with Gasteiger partial charge in [-0.1, -0.05) is 18.9 Å². The summed E-state index contributed by atoms with van der Waals surface area (Å²) in [5.74, 6) is 1.53. The van der Waals surface area contributed by atoms with Crippen molar-refractivity contribution in [3.05, 3.63) is 54.1 Å². The van der Waals surface area contributed by atoms with Crippen LogP contribution in [0.4, 0.5) is 4.39 Å². The van der Waals surface area contributed by atoms with Gasteiger partial charge in [0, 0.05) is 32.2 Å². The van der Waals surface area contributed by atoms with Gasteiger partial charge in [-0.15, -0.1) is 0 Å². The fraction of sp³-hybridized carbons (Fsp3) is 0.524. The van der Waals surface area contributed by atoms with Crippen molar-refractivity contribution in [3.63, 3.8) is 0 Å². The van der Waals surface area contributed by atoms with E-state index in [1.165, 1.54) is 50.8 Å². The lowest BCUT2D eigenvalue weighted by Crippen LogP contribution is -2.43. The Hall–Kier alpha value is -2.01. The Kier molecular flexibility index (Phi) is 5.44. The van der Waals surface area contributed by atoms with Gasteiger partial charge in [0.15, 0.2) is 6.23 Å². The second-order valence-electron chi connectivity index (χ2n) is 7.39. The second kappa shape index (κ2) is 8.12. The molecule has 2 aliphatic heterocycles. The molecule has 4 nitrogen and oxygen atoms in total. The van der Waals surface area contributed by atoms with Crippen molar-refractivity contribution in [2.24, 2.45) is 0 Å². The lowest BCUT2D eigenvalue weighted by atomic mass is 10.2. The molecule has 5 heteroatoms. The second-order valence-corrected chi connectivity index (χ2v) is 7.39. The van der Waals surface area contributed by atoms with Gasteiger partial charge >= 0.3 is 0 Å². The highest BCUT2D eigenvalue weighted by atomic mass is 19.1. The van der Waals surface area contributed by atoms with Gasteiger partial charge in [0.25, 0.3) is 0 Å². The molecule has 2 heterocycles. The van der Waals surface area contributed by atoms with Crippen LogP contribution in [0.3, 0.4) is 0 Å². The summed E-state index contributed by atoms with van der Waals surface area (Å²) in [6.45, 7) is 4.46. The number of nitrogens with one attached hydrogen (secondary N) is 1. The predicted molar refractivity (Wildman–Crippen MR) is 101 cm³/mol. The Bertz CT molecular complexity index is 652. The smallest absolute Gasteiger partial charge is 0.190 e. The third kappa shape index (κ3) is 4.21. The summed E-state index contributed by atoms with van der Waals surface area (Å²) < 4.78 is 19.0. The molecular weight excluding hydrogens is 329 g/mol. The summed E-state index contributed by atoms with van der Waals surface area (Å²) in [6, 6.07) is 6.97. The summed E-state index contributed by atoms with van der Waals surface area (Å²) >= 11 is 0. The molecule has 0 aromatic heterocycles. The minimum absolute atomic E-state index is 0.227. The maximum atomic E-state index is 13.0. The number of nitrogens with zero attached hydrogens (tertiary/aromatic N) is 2. The summed E-state index contributed by atoms with van der Waals surface area (Å²) in [5.41, 5.74) is 0. The van der Waals surface area contributed by atoms with Gasteiger partial charge < -0.3 is 15.0 Å². The highest BCUT2D eigenvalue weighted by Crippen LogP contribution is 2.25. The van der Waals surface area contributed by atoms with Crippen LogP contribution in [0.25, 0.3) is 0 Å². The molecule has 26 heavy (non-hydrogen) atoms. The van der Waals surface area contributed by atoms with E-state index in [4.69, 9.17) is 4.74 Å². The van der Waals surface area contributed by atoms with Gasteiger partial charge in [-0.25, -0.2) is 4.39 Å². The number of hydrogen-bond acceptors (Lipinski definition) is 4. The Morgan fingerprint density at radius 1 is 0.962 bits per heavy atom. The van der Waals surface area contributed by atoms with Crippen molar-refractivity contribution in [1.29, 1.82) is 0 Å². The molecule has 1 saturated heterocycles. The number of halogens is 1. The zero-order chi connectivity index (χ0) is 17.8. The first-order valence-electron chi connectivity index (χ1n) is 9.84. The van der Waals surface area contributed by atoms with Crippen LogP contribution in [0, 0.1) is 5.82 Å². The van der Waals surface area contributed by atoms with Crippen LogP contribution in [0.2, 0.25) is 0 Å². The van der Waals surface area contributed by atoms with E-state index in [0.29, 0.717) is 5.75 Å². The first-order valence-corrected chi connectivity index (χ1v) is 9.84. The molecule has 1 unspecified atom stereocenters. The van der Waals surface area contributed by atoms with Crippen molar-refractivity contribution in [2.75, 3.05) is 26.2 Å².